The summed E-state index contributed by atoms with van der Waals surface area (Å²) in [4.78, 5) is 70.7. The lowest BCUT2D eigenvalue weighted by Gasteiger charge is -2.09. The zero-order valence-corrected chi connectivity index (χ0v) is 37.0. The van der Waals surface area contributed by atoms with E-state index in [9.17, 15) is 39.2 Å². The number of carbonyl (C=O) groups is 6. The number of alkyl halides is 1. The van der Waals surface area contributed by atoms with Crippen molar-refractivity contribution in [1.29, 1.82) is 0 Å². The molecule has 0 radical (unpaired) electrons. The second kappa shape index (κ2) is 25.0. The molecule has 2 heterocycles. The van der Waals surface area contributed by atoms with Crippen LogP contribution in [-0.4, -0.2) is 64.1 Å². The third-order valence-corrected chi connectivity index (χ3v) is 10.2. The van der Waals surface area contributed by atoms with Crippen molar-refractivity contribution in [2.75, 3.05) is 12.9 Å². The number of aromatic carboxylic acids is 1. The van der Waals surface area contributed by atoms with E-state index < -0.39 is 42.6 Å². The molecular formula is C42H37ClN4O16S2. The van der Waals surface area contributed by atoms with Crippen LogP contribution < -0.4 is 19.3 Å². The Kier molecular flexibility index (Phi) is 19.3. The van der Waals surface area contributed by atoms with E-state index in [0.717, 1.165) is 9.79 Å². The van der Waals surface area contributed by atoms with Gasteiger partial charge in [0.25, 0.3) is 0 Å². The third-order valence-electron chi connectivity index (χ3n) is 8.06. The zero-order chi connectivity index (χ0) is 47.5. The first kappa shape index (κ1) is 50.2. The molecule has 0 fully saturated rings. The van der Waals surface area contributed by atoms with Crippen molar-refractivity contribution in [3.8, 4) is 11.5 Å². The molecule has 0 saturated heterocycles. The smallest absolute Gasteiger partial charge is 0.344 e. The molecule has 0 aliphatic carbocycles. The molecule has 2 aromatic heterocycles. The lowest BCUT2D eigenvalue weighted by Crippen LogP contribution is -2.25. The molecule has 23 heteroatoms. The largest absolute Gasteiger partial charge is 0.478 e. The molecule has 0 spiro atoms. The van der Waals surface area contributed by atoms with Gasteiger partial charge in [-0.15, -0.1) is 23.5 Å². The summed E-state index contributed by atoms with van der Waals surface area (Å²) in [5, 5.41) is 38.3. The molecule has 6 aromatic rings. The van der Waals surface area contributed by atoms with Crippen LogP contribution in [0.2, 0.25) is 0 Å². The van der Waals surface area contributed by atoms with E-state index in [1.54, 1.807) is 74.5 Å². The Balaban J connectivity index is 0.000000236. The maximum absolute atomic E-state index is 12.2. The fourth-order valence-electron chi connectivity index (χ4n) is 4.77. The number of halogens is 1. The van der Waals surface area contributed by atoms with Crippen LogP contribution in [0.1, 0.15) is 78.1 Å². The number of nitrogens with zero attached hydrogens (tertiary/aromatic N) is 4. The lowest BCUT2D eigenvalue weighted by atomic mass is 10.2. The van der Waals surface area contributed by atoms with Gasteiger partial charge in [-0.2, -0.15) is 0 Å². The first-order valence-electron chi connectivity index (χ1n) is 18.5. The SMILES string of the molecule is CC(=O)Oc1ccccc1C(=O)OCCl.CC(=O)Oc1ccccc1C(=O)OCOC(=O)c1ccc(SCc2no[n+]([O-])c2C)cc1.Cc1c(CSc2ccc(C(=O)O)cc2)no[n+]1[O-]. The summed E-state index contributed by atoms with van der Waals surface area (Å²) in [6, 6.07) is 25.2. The fraction of sp³-hybridized carbons (Fsp3) is 0.190. The van der Waals surface area contributed by atoms with E-state index in [0.29, 0.717) is 44.1 Å². The molecular weight excluding hydrogens is 916 g/mol. The van der Waals surface area contributed by atoms with Crippen LogP contribution in [0.25, 0.3) is 0 Å². The Morgan fingerprint density at radius 3 is 1.40 bits per heavy atom. The highest BCUT2D eigenvalue weighted by Crippen LogP contribution is 2.25. The number of aromatic nitrogens is 4. The predicted octanol–water partition coefficient (Wildman–Crippen LogP) is 6.38. The number of hydrogen-bond donors (Lipinski definition) is 1. The Hall–Kier alpha value is -7.43. The number of hydrogen-bond acceptors (Lipinski definition) is 19. The zero-order valence-electron chi connectivity index (χ0n) is 34.6. The number of thioether (sulfide) groups is 2. The molecule has 0 bridgehead atoms. The number of carboxylic acids is 1. The fourth-order valence-corrected chi connectivity index (χ4v) is 6.65. The van der Waals surface area contributed by atoms with E-state index in [1.807, 2.05) is 0 Å². The van der Waals surface area contributed by atoms with Gasteiger partial charge in [0.1, 0.15) is 22.6 Å². The number of ether oxygens (including phenoxy) is 5. The van der Waals surface area contributed by atoms with Crippen LogP contribution in [-0.2, 0) is 35.3 Å². The van der Waals surface area contributed by atoms with Crippen LogP contribution in [0, 0.1) is 24.3 Å². The first-order valence-corrected chi connectivity index (χ1v) is 21.0. The van der Waals surface area contributed by atoms with Gasteiger partial charge in [0.15, 0.2) is 17.5 Å². The van der Waals surface area contributed by atoms with Gasteiger partial charge < -0.3 is 39.2 Å². The van der Waals surface area contributed by atoms with Crippen LogP contribution in [0.3, 0.4) is 0 Å². The van der Waals surface area contributed by atoms with Gasteiger partial charge in [0.2, 0.25) is 18.2 Å². The average Bonchev–Trinajstić information content (AvgIpc) is 3.79. The Morgan fingerprint density at radius 2 is 1.02 bits per heavy atom. The Bertz CT molecular complexity index is 2600. The predicted molar refractivity (Wildman–Crippen MR) is 227 cm³/mol. The number of rotatable bonds is 15. The summed E-state index contributed by atoms with van der Waals surface area (Å²) >= 11 is 8.12. The number of para-hydroxylation sites is 2. The monoisotopic (exact) mass is 952 g/mol. The summed E-state index contributed by atoms with van der Waals surface area (Å²) in [6.45, 7) is 5.10. The molecule has 0 saturated carbocycles. The van der Waals surface area contributed by atoms with Gasteiger partial charge in [-0.1, -0.05) is 35.9 Å². The van der Waals surface area contributed by atoms with E-state index >= 15 is 0 Å². The van der Waals surface area contributed by atoms with E-state index in [-0.39, 0.29) is 39.8 Å². The Labute approximate surface area is 382 Å². The van der Waals surface area contributed by atoms with Crippen LogP contribution in [0.4, 0.5) is 0 Å². The summed E-state index contributed by atoms with van der Waals surface area (Å²) in [6.07, 6.45) is 0. The highest BCUT2D eigenvalue weighted by Gasteiger charge is 2.19. The number of esters is 5. The summed E-state index contributed by atoms with van der Waals surface area (Å²) < 4.78 is 33.3. The van der Waals surface area contributed by atoms with Crippen molar-refractivity contribution < 1.29 is 76.6 Å². The Morgan fingerprint density at radius 1 is 0.615 bits per heavy atom. The van der Waals surface area contributed by atoms with Crippen LogP contribution in [0.5, 0.6) is 11.5 Å². The molecule has 0 atom stereocenters. The molecule has 0 unspecified atom stereocenters. The molecule has 65 heavy (non-hydrogen) atoms. The standard InChI is InChI=1S/C21H18N2O8S.C11H10N2O4S.C10H9ClO4/c1-13-18(22-31-23(13)27)11-32-16-9-7-15(8-10-16)20(25)28-12-29-21(26)17-5-3-4-6-19(17)30-14(2)24;1-7-10(12-17-13(7)16)6-18-9-4-2-8(3-5-9)11(14)15;1-7(12)15-9-5-3-2-4-8(9)10(13)14-6-11/h3-10H,11-12H2,1-2H3;2-5H,6H2,1H3,(H,14,15);2-5H,6H2,1H3. The quantitative estimate of drug-likeness (QED) is 0.0292. The second-order valence-electron chi connectivity index (χ2n) is 12.6. The van der Waals surface area contributed by atoms with Gasteiger partial charge in [-0.25, -0.2) is 19.2 Å². The number of carboxylic acid groups (broad SMARTS) is 1. The highest BCUT2D eigenvalue weighted by atomic mass is 35.5. The molecule has 0 amide bonds. The normalized spacial score (nSPS) is 10.2. The van der Waals surface area contributed by atoms with Crippen molar-refractivity contribution in [1.82, 2.24) is 10.3 Å². The van der Waals surface area contributed by atoms with Crippen molar-refractivity contribution in [3.63, 3.8) is 0 Å². The highest BCUT2D eigenvalue weighted by molar-refractivity contribution is 7.98. The third kappa shape index (κ3) is 15.7. The van der Waals surface area contributed by atoms with Crippen molar-refractivity contribution in [2.45, 2.75) is 49.0 Å². The minimum Gasteiger partial charge on any atom is -0.478 e. The molecule has 0 aliphatic rings. The van der Waals surface area contributed by atoms with E-state index in [2.05, 4.69) is 24.3 Å². The number of benzene rings is 4. The maximum atomic E-state index is 12.2. The summed E-state index contributed by atoms with van der Waals surface area (Å²) in [5.41, 5.74) is 2.66. The van der Waals surface area contributed by atoms with Gasteiger partial charge >= 0.3 is 35.8 Å². The number of carbonyl (C=O) groups excluding carboxylic acids is 5. The molecule has 4 aromatic carbocycles. The molecule has 6 rings (SSSR count). The van der Waals surface area contributed by atoms with Crippen LogP contribution in [0.15, 0.2) is 116 Å². The van der Waals surface area contributed by atoms with Crippen molar-refractivity contribution in [2.24, 2.45) is 0 Å². The van der Waals surface area contributed by atoms with E-state index in [1.165, 1.54) is 73.8 Å². The molecule has 20 nitrogen and oxygen atoms in total. The van der Waals surface area contributed by atoms with E-state index in [4.69, 9.17) is 35.7 Å². The van der Waals surface area contributed by atoms with Crippen molar-refractivity contribution in [3.05, 3.63) is 153 Å². The molecule has 1 N–H and O–H groups in total. The van der Waals surface area contributed by atoms with Gasteiger partial charge in [0, 0.05) is 47.8 Å². The molecule has 0 aliphatic heterocycles. The second-order valence-corrected chi connectivity index (χ2v) is 14.9. The lowest BCUT2D eigenvalue weighted by molar-refractivity contribution is -0.807. The maximum Gasteiger partial charge on any atom is 0.344 e. The molecule has 340 valence electrons. The minimum absolute atomic E-state index is 0.0324. The average molecular weight is 953 g/mol. The topological polar surface area (TPSA) is 275 Å². The van der Waals surface area contributed by atoms with Gasteiger partial charge in [-0.3, -0.25) is 18.8 Å². The summed E-state index contributed by atoms with van der Waals surface area (Å²) in [5.74, 6) is -2.99. The van der Waals surface area contributed by atoms with Gasteiger partial charge in [-0.05, 0) is 82.6 Å². The van der Waals surface area contributed by atoms with Crippen LogP contribution >= 0.6 is 35.1 Å². The summed E-state index contributed by atoms with van der Waals surface area (Å²) in [7, 11) is 0. The van der Waals surface area contributed by atoms with Crippen molar-refractivity contribution >= 4 is 70.9 Å². The minimum atomic E-state index is -0.953. The first-order chi connectivity index (χ1) is 31.1. The van der Waals surface area contributed by atoms with Gasteiger partial charge in [0.05, 0.1) is 22.6 Å².